The van der Waals surface area contributed by atoms with Gasteiger partial charge in [-0.25, -0.2) is 0 Å². The molecule has 0 aliphatic rings. The van der Waals surface area contributed by atoms with Crippen molar-refractivity contribution >= 4 is 28.8 Å². The van der Waals surface area contributed by atoms with Crippen LogP contribution in [0.25, 0.3) is 0 Å². The molecule has 0 aromatic carbocycles. The zero-order valence-electron chi connectivity index (χ0n) is 11.1. The summed E-state index contributed by atoms with van der Waals surface area (Å²) in [6.45, 7) is 7.29. The van der Waals surface area contributed by atoms with Crippen molar-refractivity contribution in [2.24, 2.45) is 11.7 Å². The first kappa shape index (κ1) is 15.5. The maximum atomic E-state index is 12.3. The monoisotopic (exact) mass is 288 g/mol. The van der Waals surface area contributed by atoms with Crippen LogP contribution in [0.3, 0.4) is 0 Å². The number of carbonyl (C=O) groups excluding carboxylic acids is 1. The molecule has 0 saturated carbocycles. The number of rotatable bonds is 6. The molecule has 1 rings (SSSR count). The minimum absolute atomic E-state index is 0.0244. The van der Waals surface area contributed by atoms with Crippen molar-refractivity contribution in [3.8, 4) is 0 Å². The summed E-state index contributed by atoms with van der Waals surface area (Å²) in [4.78, 5) is 15.1. The Labute approximate surface area is 118 Å². The molecule has 1 aromatic rings. The quantitative estimate of drug-likeness (QED) is 0.874. The van der Waals surface area contributed by atoms with Gasteiger partial charge in [0.1, 0.15) is 0 Å². The van der Waals surface area contributed by atoms with Crippen molar-refractivity contribution in [3.63, 3.8) is 0 Å². The van der Waals surface area contributed by atoms with Gasteiger partial charge in [-0.2, -0.15) is 0 Å². The fraction of sp³-hybridized carbons (Fsp3) is 0.615. The van der Waals surface area contributed by atoms with E-state index in [0.29, 0.717) is 13.1 Å². The van der Waals surface area contributed by atoms with Crippen LogP contribution in [0.4, 0.5) is 0 Å². The molecule has 1 heterocycles. The van der Waals surface area contributed by atoms with Gasteiger partial charge in [0.15, 0.2) is 0 Å². The Morgan fingerprint density at radius 3 is 2.61 bits per heavy atom. The van der Waals surface area contributed by atoms with E-state index < -0.39 is 6.04 Å². The lowest BCUT2D eigenvalue weighted by Gasteiger charge is -2.26. The van der Waals surface area contributed by atoms with Gasteiger partial charge in [0, 0.05) is 11.4 Å². The van der Waals surface area contributed by atoms with Gasteiger partial charge < -0.3 is 10.6 Å². The molecule has 5 heteroatoms. The fourth-order valence-corrected chi connectivity index (χ4v) is 2.78. The highest BCUT2D eigenvalue weighted by atomic mass is 35.5. The van der Waals surface area contributed by atoms with Crippen LogP contribution in [0.2, 0.25) is 4.34 Å². The van der Waals surface area contributed by atoms with Gasteiger partial charge in [0.05, 0.1) is 16.9 Å². The summed E-state index contributed by atoms with van der Waals surface area (Å²) >= 11 is 7.40. The smallest absolute Gasteiger partial charge is 0.240 e. The van der Waals surface area contributed by atoms with Crippen molar-refractivity contribution in [3.05, 3.63) is 21.3 Å². The topological polar surface area (TPSA) is 46.3 Å². The van der Waals surface area contributed by atoms with Crippen LogP contribution in [0.5, 0.6) is 0 Å². The van der Waals surface area contributed by atoms with Crippen LogP contribution in [-0.4, -0.2) is 23.4 Å². The second kappa shape index (κ2) is 7.12. The molecule has 1 aromatic heterocycles. The van der Waals surface area contributed by atoms with Crippen molar-refractivity contribution < 1.29 is 4.79 Å². The minimum Gasteiger partial charge on any atom is -0.336 e. The van der Waals surface area contributed by atoms with Gasteiger partial charge in [0.25, 0.3) is 0 Å². The van der Waals surface area contributed by atoms with Crippen LogP contribution < -0.4 is 5.73 Å². The average Bonchev–Trinajstić information content (AvgIpc) is 2.78. The first-order valence-corrected chi connectivity index (χ1v) is 7.47. The Balaban J connectivity index is 2.68. The van der Waals surface area contributed by atoms with Crippen LogP contribution in [0, 0.1) is 5.92 Å². The number of halogens is 1. The Kier molecular flexibility index (Phi) is 6.12. The highest BCUT2D eigenvalue weighted by Gasteiger charge is 2.24. The normalized spacial score (nSPS) is 14.3. The molecule has 0 aliphatic heterocycles. The number of carbonyl (C=O) groups is 1. The molecular formula is C13H21ClN2OS. The van der Waals surface area contributed by atoms with E-state index in [1.54, 1.807) is 4.90 Å². The van der Waals surface area contributed by atoms with Crippen LogP contribution in [-0.2, 0) is 11.3 Å². The van der Waals surface area contributed by atoms with E-state index in [4.69, 9.17) is 17.3 Å². The second-order valence-electron chi connectivity index (χ2n) is 4.47. The lowest BCUT2D eigenvalue weighted by atomic mass is 9.99. The van der Waals surface area contributed by atoms with Gasteiger partial charge in [-0.05, 0) is 25.0 Å². The summed E-state index contributed by atoms with van der Waals surface area (Å²) in [6, 6.07) is 3.40. The molecule has 0 bridgehead atoms. The Bertz CT molecular complexity index is 394. The van der Waals surface area contributed by atoms with Crippen LogP contribution in [0.1, 0.15) is 32.1 Å². The molecule has 0 radical (unpaired) electrons. The highest BCUT2D eigenvalue weighted by Crippen LogP contribution is 2.23. The van der Waals surface area contributed by atoms with E-state index in [2.05, 4.69) is 0 Å². The predicted octanol–water partition coefficient (Wildman–Crippen LogP) is 3.12. The predicted molar refractivity (Wildman–Crippen MR) is 77.9 cm³/mol. The molecule has 2 atom stereocenters. The number of thiophene rings is 1. The van der Waals surface area contributed by atoms with Crippen molar-refractivity contribution in [2.75, 3.05) is 6.54 Å². The number of nitrogens with two attached hydrogens (primary N) is 1. The van der Waals surface area contributed by atoms with E-state index in [-0.39, 0.29) is 11.8 Å². The molecule has 2 unspecified atom stereocenters. The van der Waals surface area contributed by atoms with Crippen molar-refractivity contribution in [2.45, 2.75) is 39.8 Å². The van der Waals surface area contributed by atoms with Gasteiger partial charge >= 0.3 is 0 Å². The van der Waals surface area contributed by atoms with E-state index in [1.165, 1.54) is 11.3 Å². The summed E-state index contributed by atoms with van der Waals surface area (Å²) in [7, 11) is 0. The van der Waals surface area contributed by atoms with E-state index in [9.17, 15) is 4.79 Å². The van der Waals surface area contributed by atoms with Crippen molar-refractivity contribution in [1.82, 2.24) is 4.90 Å². The summed E-state index contributed by atoms with van der Waals surface area (Å²) in [5.74, 6) is 0.231. The second-order valence-corrected chi connectivity index (χ2v) is 6.27. The first-order chi connectivity index (χ1) is 8.49. The summed E-state index contributed by atoms with van der Waals surface area (Å²) in [5, 5.41) is 0. The summed E-state index contributed by atoms with van der Waals surface area (Å²) in [6.07, 6.45) is 0.912. The van der Waals surface area contributed by atoms with Gasteiger partial charge in [0.2, 0.25) is 5.91 Å². The maximum absolute atomic E-state index is 12.3. The largest absolute Gasteiger partial charge is 0.336 e. The van der Waals surface area contributed by atoms with E-state index in [0.717, 1.165) is 15.6 Å². The Morgan fingerprint density at radius 2 is 2.17 bits per heavy atom. The zero-order chi connectivity index (χ0) is 13.7. The average molecular weight is 289 g/mol. The van der Waals surface area contributed by atoms with Crippen LogP contribution in [0.15, 0.2) is 12.1 Å². The molecule has 18 heavy (non-hydrogen) atoms. The molecule has 0 saturated heterocycles. The molecule has 0 fully saturated rings. The third kappa shape index (κ3) is 3.97. The lowest BCUT2D eigenvalue weighted by molar-refractivity contribution is -0.134. The molecule has 0 spiro atoms. The van der Waals surface area contributed by atoms with E-state index >= 15 is 0 Å². The fourth-order valence-electron chi connectivity index (χ4n) is 1.68. The standard InChI is InChI=1S/C13H21ClN2OS/c1-4-9(3)12(15)13(17)16(5-2)8-10-6-7-11(14)18-10/h6-7,9,12H,4-5,8,15H2,1-3H3. The number of nitrogens with zero attached hydrogens (tertiary/aromatic N) is 1. The number of hydrogen-bond donors (Lipinski definition) is 1. The number of hydrogen-bond acceptors (Lipinski definition) is 3. The molecular weight excluding hydrogens is 268 g/mol. The van der Waals surface area contributed by atoms with Crippen LogP contribution >= 0.6 is 22.9 Å². The minimum atomic E-state index is -0.412. The molecule has 2 N–H and O–H groups in total. The lowest BCUT2D eigenvalue weighted by Crippen LogP contribution is -2.46. The summed E-state index contributed by atoms with van der Waals surface area (Å²) in [5.41, 5.74) is 5.99. The molecule has 102 valence electrons. The highest BCUT2D eigenvalue weighted by molar-refractivity contribution is 7.16. The molecule has 3 nitrogen and oxygen atoms in total. The van der Waals surface area contributed by atoms with Crippen molar-refractivity contribution in [1.29, 1.82) is 0 Å². The zero-order valence-corrected chi connectivity index (χ0v) is 12.7. The number of amides is 1. The third-order valence-corrected chi connectivity index (χ3v) is 4.43. The first-order valence-electron chi connectivity index (χ1n) is 6.28. The Morgan fingerprint density at radius 1 is 1.50 bits per heavy atom. The maximum Gasteiger partial charge on any atom is 0.240 e. The SMILES string of the molecule is CCC(C)C(N)C(=O)N(CC)Cc1ccc(Cl)s1. The Hall–Kier alpha value is -0.580. The van der Waals surface area contributed by atoms with E-state index in [1.807, 2.05) is 32.9 Å². The molecule has 1 amide bonds. The number of likely N-dealkylation sites (N-methyl/N-ethyl adjacent to an activating group) is 1. The summed E-state index contributed by atoms with van der Waals surface area (Å²) < 4.78 is 0.750. The van der Waals surface area contributed by atoms with Gasteiger partial charge in [-0.3, -0.25) is 4.79 Å². The molecule has 0 aliphatic carbocycles. The van der Waals surface area contributed by atoms with Gasteiger partial charge in [-0.15, -0.1) is 11.3 Å². The third-order valence-electron chi connectivity index (χ3n) is 3.21. The van der Waals surface area contributed by atoms with Gasteiger partial charge in [-0.1, -0.05) is 31.9 Å².